The molecule has 16 heavy (non-hydrogen) atoms. The number of carbonyl (C=O) groups excluding carboxylic acids is 1. The molecule has 1 unspecified atom stereocenters. The lowest BCUT2D eigenvalue weighted by molar-refractivity contribution is 0.0949. The number of hydrogen-bond donors (Lipinski definition) is 1. The Kier molecular flexibility index (Phi) is 4.74. The van der Waals surface area contributed by atoms with E-state index >= 15 is 0 Å². The average Bonchev–Trinajstić information content (AvgIpc) is 2.17. The van der Waals surface area contributed by atoms with Crippen LogP contribution in [0.3, 0.4) is 0 Å². The van der Waals surface area contributed by atoms with Crippen LogP contribution in [0, 0.1) is 6.92 Å². The Bertz CT molecular complexity index is 371. The van der Waals surface area contributed by atoms with Crippen LogP contribution < -0.4 is 5.32 Å². The quantitative estimate of drug-likeness (QED) is 0.655. The summed E-state index contributed by atoms with van der Waals surface area (Å²) in [6, 6.07) is 6.97. The van der Waals surface area contributed by atoms with Gasteiger partial charge in [-0.25, -0.2) is 0 Å². The lowest BCUT2D eigenvalue weighted by Gasteiger charge is -2.19. The van der Waals surface area contributed by atoms with E-state index in [1.54, 1.807) is 12.1 Å². The van der Waals surface area contributed by atoms with Gasteiger partial charge in [0.15, 0.2) is 5.50 Å². The highest BCUT2D eigenvalue weighted by Crippen LogP contribution is 2.32. The van der Waals surface area contributed by atoms with E-state index in [-0.39, 0.29) is 5.91 Å². The summed E-state index contributed by atoms with van der Waals surface area (Å²) in [5.74, 6) is -0.383. The molecule has 0 spiro atoms. The van der Waals surface area contributed by atoms with Gasteiger partial charge in [-0.1, -0.05) is 64.1 Å². The first-order valence-corrected chi connectivity index (χ1v) is 5.96. The Labute approximate surface area is 114 Å². The van der Waals surface area contributed by atoms with Gasteiger partial charge in [0.05, 0.1) is 0 Å². The number of amides is 1. The monoisotopic (exact) mass is 299 g/mol. The summed E-state index contributed by atoms with van der Waals surface area (Å²) in [5, 5.41) is 2.39. The molecule has 0 aliphatic rings. The molecule has 0 bridgehead atoms. The Morgan fingerprint density at radius 1 is 1.25 bits per heavy atom. The van der Waals surface area contributed by atoms with Crippen LogP contribution in [0.4, 0.5) is 0 Å². The van der Waals surface area contributed by atoms with E-state index in [9.17, 15) is 4.79 Å². The number of hydrogen-bond acceptors (Lipinski definition) is 1. The SMILES string of the molecule is Cc1ccc(C(=O)NC(Cl)C(Cl)(Cl)Cl)cc1. The Hall–Kier alpha value is -0.150. The molecule has 1 rings (SSSR count). The third kappa shape index (κ3) is 4.02. The largest absolute Gasteiger partial charge is 0.332 e. The molecule has 88 valence electrons. The minimum absolute atomic E-state index is 0.383. The van der Waals surface area contributed by atoms with E-state index in [1.807, 2.05) is 19.1 Å². The van der Waals surface area contributed by atoms with Gasteiger partial charge in [-0.3, -0.25) is 4.79 Å². The van der Waals surface area contributed by atoms with Crippen molar-refractivity contribution in [2.75, 3.05) is 0 Å². The van der Waals surface area contributed by atoms with Crippen molar-refractivity contribution in [1.29, 1.82) is 0 Å². The fourth-order valence-electron chi connectivity index (χ4n) is 0.985. The minimum atomic E-state index is -1.73. The van der Waals surface area contributed by atoms with Gasteiger partial charge in [0.2, 0.25) is 3.79 Å². The highest BCUT2D eigenvalue weighted by Gasteiger charge is 2.32. The van der Waals surface area contributed by atoms with E-state index in [0.717, 1.165) is 5.56 Å². The van der Waals surface area contributed by atoms with Crippen LogP contribution in [0.5, 0.6) is 0 Å². The van der Waals surface area contributed by atoms with Crippen molar-refractivity contribution in [3.05, 3.63) is 35.4 Å². The zero-order valence-electron chi connectivity index (χ0n) is 8.31. The van der Waals surface area contributed by atoms with Gasteiger partial charge in [0.25, 0.3) is 5.91 Å². The molecule has 0 saturated heterocycles. The lowest BCUT2D eigenvalue weighted by atomic mass is 10.1. The topological polar surface area (TPSA) is 29.1 Å². The van der Waals surface area contributed by atoms with Gasteiger partial charge in [-0.15, -0.1) is 0 Å². The summed E-state index contributed by atoms with van der Waals surface area (Å²) in [6.45, 7) is 1.92. The molecule has 1 amide bonds. The normalized spacial score (nSPS) is 13.3. The number of benzene rings is 1. The molecular weight excluding hydrogens is 292 g/mol. The third-order valence-electron chi connectivity index (χ3n) is 1.86. The van der Waals surface area contributed by atoms with Gasteiger partial charge in [0, 0.05) is 5.56 Å². The summed E-state index contributed by atoms with van der Waals surface area (Å²) >= 11 is 22.3. The average molecular weight is 301 g/mol. The van der Waals surface area contributed by atoms with Gasteiger partial charge in [0.1, 0.15) is 0 Å². The van der Waals surface area contributed by atoms with Crippen molar-refractivity contribution in [3.63, 3.8) is 0 Å². The molecule has 1 N–H and O–H groups in total. The number of nitrogens with one attached hydrogen (secondary N) is 1. The fourth-order valence-corrected chi connectivity index (χ4v) is 1.25. The summed E-state index contributed by atoms with van der Waals surface area (Å²) in [7, 11) is 0. The zero-order chi connectivity index (χ0) is 12.3. The maximum Gasteiger partial charge on any atom is 0.252 e. The van der Waals surface area contributed by atoms with Crippen molar-refractivity contribution in [2.24, 2.45) is 0 Å². The van der Waals surface area contributed by atoms with Crippen LogP contribution in [0.2, 0.25) is 0 Å². The molecule has 0 heterocycles. The van der Waals surface area contributed by atoms with Crippen LogP contribution in [-0.4, -0.2) is 15.2 Å². The Morgan fingerprint density at radius 2 is 1.75 bits per heavy atom. The van der Waals surface area contributed by atoms with Gasteiger partial charge < -0.3 is 5.32 Å². The lowest BCUT2D eigenvalue weighted by Crippen LogP contribution is -2.39. The van der Waals surface area contributed by atoms with Crippen molar-refractivity contribution in [3.8, 4) is 0 Å². The second kappa shape index (κ2) is 5.46. The summed E-state index contributed by atoms with van der Waals surface area (Å²) < 4.78 is -1.73. The van der Waals surface area contributed by atoms with Gasteiger partial charge >= 0.3 is 0 Å². The Balaban J connectivity index is 2.70. The first-order chi connectivity index (χ1) is 7.30. The standard InChI is InChI=1S/C10H9Cl4NO/c1-6-2-4-7(5-3-6)8(16)15-9(11)10(12,13)14/h2-5,9H,1H3,(H,15,16). The highest BCUT2D eigenvalue weighted by molar-refractivity contribution is 6.70. The van der Waals surface area contributed by atoms with Crippen LogP contribution in [-0.2, 0) is 0 Å². The second-order valence-electron chi connectivity index (χ2n) is 3.24. The molecular formula is C10H9Cl4NO. The molecule has 6 heteroatoms. The maximum absolute atomic E-state index is 11.6. The fraction of sp³-hybridized carbons (Fsp3) is 0.300. The van der Waals surface area contributed by atoms with Crippen molar-refractivity contribution in [2.45, 2.75) is 16.2 Å². The number of alkyl halides is 4. The molecule has 0 aliphatic heterocycles. The first-order valence-electron chi connectivity index (χ1n) is 4.39. The maximum atomic E-state index is 11.6. The molecule has 1 atom stereocenters. The van der Waals surface area contributed by atoms with E-state index in [0.29, 0.717) is 5.56 Å². The summed E-state index contributed by atoms with van der Waals surface area (Å²) in [4.78, 5) is 11.6. The number of aryl methyl sites for hydroxylation is 1. The molecule has 1 aromatic carbocycles. The molecule has 0 aliphatic carbocycles. The van der Waals surface area contributed by atoms with E-state index in [4.69, 9.17) is 46.4 Å². The smallest absolute Gasteiger partial charge is 0.252 e. The van der Waals surface area contributed by atoms with Crippen LogP contribution >= 0.6 is 46.4 Å². The van der Waals surface area contributed by atoms with E-state index in [1.165, 1.54) is 0 Å². The summed E-state index contributed by atoms with van der Waals surface area (Å²) in [5.41, 5.74) is 0.442. The van der Waals surface area contributed by atoms with Crippen molar-refractivity contribution < 1.29 is 4.79 Å². The third-order valence-corrected chi connectivity index (χ3v) is 3.29. The summed E-state index contributed by atoms with van der Waals surface area (Å²) in [6.07, 6.45) is 0. The predicted octanol–water partition coefficient (Wildman–Crippen LogP) is 3.66. The van der Waals surface area contributed by atoms with Crippen LogP contribution in [0.15, 0.2) is 24.3 Å². The molecule has 2 nitrogen and oxygen atoms in total. The zero-order valence-corrected chi connectivity index (χ0v) is 11.3. The predicted molar refractivity (Wildman–Crippen MR) is 68.6 cm³/mol. The van der Waals surface area contributed by atoms with Gasteiger partial charge in [-0.2, -0.15) is 0 Å². The molecule has 0 radical (unpaired) electrons. The number of halogens is 4. The molecule has 0 fully saturated rings. The van der Waals surface area contributed by atoms with Crippen molar-refractivity contribution in [1.82, 2.24) is 5.32 Å². The van der Waals surface area contributed by atoms with E-state index in [2.05, 4.69) is 5.32 Å². The molecule has 1 aromatic rings. The van der Waals surface area contributed by atoms with Crippen molar-refractivity contribution >= 4 is 52.3 Å². The van der Waals surface area contributed by atoms with E-state index < -0.39 is 9.29 Å². The molecule has 0 saturated carbocycles. The first kappa shape index (κ1) is 13.9. The number of carbonyl (C=O) groups is 1. The highest BCUT2D eigenvalue weighted by atomic mass is 35.6. The minimum Gasteiger partial charge on any atom is -0.332 e. The van der Waals surface area contributed by atoms with Gasteiger partial charge in [-0.05, 0) is 19.1 Å². The van der Waals surface area contributed by atoms with Crippen LogP contribution in [0.25, 0.3) is 0 Å². The number of rotatable bonds is 2. The molecule has 0 aromatic heterocycles. The van der Waals surface area contributed by atoms with Crippen LogP contribution in [0.1, 0.15) is 15.9 Å². The second-order valence-corrected chi connectivity index (χ2v) is 6.05. The Morgan fingerprint density at radius 3 is 2.19 bits per heavy atom.